The molecule has 5 heteroatoms. The van der Waals surface area contributed by atoms with Gasteiger partial charge < -0.3 is 16.6 Å². The van der Waals surface area contributed by atoms with E-state index in [-0.39, 0.29) is 18.9 Å². The molecule has 0 saturated heterocycles. The van der Waals surface area contributed by atoms with Crippen molar-refractivity contribution < 1.29 is 38.7 Å². The molecule has 0 aliphatic carbocycles. The fourth-order valence-electron chi connectivity index (χ4n) is 1.84. The monoisotopic (exact) mass is 308 g/mol. The first-order valence-corrected chi connectivity index (χ1v) is 7.90. The summed E-state index contributed by atoms with van der Waals surface area (Å²) in [4.78, 5) is 18.9. The van der Waals surface area contributed by atoms with Crippen molar-refractivity contribution in [1.29, 1.82) is 0 Å². The molecule has 0 aliphatic rings. The van der Waals surface area contributed by atoms with Gasteiger partial charge in [0.05, 0.1) is 0 Å². The number of hydrogen-bond donors (Lipinski definition) is 2. The quantitative estimate of drug-likeness (QED) is 0.280. The van der Waals surface area contributed by atoms with E-state index in [2.05, 4.69) is 34.1 Å². The van der Waals surface area contributed by atoms with Crippen molar-refractivity contribution in [2.75, 3.05) is 0 Å². The van der Waals surface area contributed by atoms with Crippen LogP contribution in [0, 0.1) is 11.8 Å². The van der Waals surface area contributed by atoms with Gasteiger partial charge in [-0.1, -0.05) is 59.3 Å². The first-order chi connectivity index (χ1) is 9.69. The molecule has 0 heterocycles. The van der Waals surface area contributed by atoms with Gasteiger partial charge in [0.15, 0.2) is 0 Å². The summed E-state index contributed by atoms with van der Waals surface area (Å²) in [6, 6.07) is 0. The molecular formula is C17H33LiO4. The molecule has 0 aromatic heterocycles. The van der Waals surface area contributed by atoms with Gasteiger partial charge in [0, 0.05) is 0 Å². The van der Waals surface area contributed by atoms with Crippen LogP contribution in [-0.4, -0.2) is 22.2 Å². The van der Waals surface area contributed by atoms with Crippen LogP contribution in [0.2, 0.25) is 0 Å². The SMILES string of the molecule is C[CH-]CCCCCCCCC(C)(C)C.O=C(O)CC(=O)O.[Li+]. The second-order valence-electron chi connectivity index (χ2n) is 6.59. The van der Waals surface area contributed by atoms with E-state index < -0.39 is 18.4 Å². The van der Waals surface area contributed by atoms with E-state index in [1.807, 2.05) is 0 Å². The first-order valence-electron chi connectivity index (χ1n) is 7.90. The zero-order valence-corrected chi connectivity index (χ0v) is 15.2. The predicted octanol–water partition coefficient (Wildman–Crippen LogP) is 1.93. The van der Waals surface area contributed by atoms with Crippen LogP contribution in [-0.2, 0) is 9.59 Å². The van der Waals surface area contributed by atoms with Crippen molar-refractivity contribution >= 4 is 11.9 Å². The molecule has 4 nitrogen and oxygen atoms in total. The summed E-state index contributed by atoms with van der Waals surface area (Å²) in [5.74, 6) is -2.62. The van der Waals surface area contributed by atoms with Gasteiger partial charge in [-0.25, -0.2) is 0 Å². The number of rotatable bonds is 10. The Morgan fingerprint density at radius 3 is 1.59 bits per heavy atom. The molecule has 0 fully saturated rings. The van der Waals surface area contributed by atoms with Gasteiger partial charge in [-0.2, -0.15) is 13.3 Å². The first kappa shape index (κ1) is 26.4. The van der Waals surface area contributed by atoms with Crippen LogP contribution in [0.5, 0.6) is 0 Å². The van der Waals surface area contributed by atoms with Crippen molar-refractivity contribution in [3.63, 3.8) is 0 Å². The van der Waals surface area contributed by atoms with Crippen molar-refractivity contribution in [2.24, 2.45) is 5.41 Å². The molecule has 0 saturated carbocycles. The van der Waals surface area contributed by atoms with Crippen molar-refractivity contribution in [3.8, 4) is 0 Å². The standard InChI is InChI=1S/C14H29.C3H4O4.Li/c1-5-6-7-8-9-10-11-12-13-14(2,3)4;4-2(5)1-3(6)7;/h5H,6-13H2,1-4H3;1H2,(H,4,5)(H,6,7);/q-1;;+1. The number of carboxylic acid groups (broad SMARTS) is 2. The fourth-order valence-corrected chi connectivity index (χ4v) is 1.84. The second-order valence-corrected chi connectivity index (χ2v) is 6.59. The average molecular weight is 308 g/mol. The predicted molar refractivity (Wildman–Crippen MR) is 86.3 cm³/mol. The third-order valence-electron chi connectivity index (χ3n) is 2.97. The Balaban J connectivity index is -0.000000385. The fraction of sp³-hybridized carbons (Fsp3) is 0.824. The van der Waals surface area contributed by atoms with Crippen LogP contribution in [0.4, 0.5) is 0 Å². The zero-order chi connectivity index (χ0) is 16.7. The van der Waals surface area contributed by atoms with E-state index >= 15 is 0 Å². The van der Waals surface area contributed by atoms with E-state index in [4.69, 9.17) is 10.2 Å². The van der Waals surface area contributed by atoms with Crippen molar-refractivity contribution in [3.05, 3.63) is 6.42 Å². The van der Waals surface area contributed by atoms with E-state index in [1.54, 1.807) is 0 Å². The van der Waals surface area contributed by atoms with Crippen LogP contribution in [0.3, 0.4) is 0 Å². The van der Waals surface area contributed by atoms with Crippen LogP contribution >= 0.6 is 0 Å². The Bertz CT molecular complexity index is 260. The largest absolute Gasteiger partial charge is 1.00 e. The minimum absolute atomic E-state index is 0. The summed E-state index contributed by atoms with van der Waals surface area (Å²) >= 11 is 0. The van der Waals surface area contributed by atoms with Crippen molar-refractivity contribution in [1.82, 2.24) is 0 Å². The van der Waals surface area contributed by atoms with Crippen LogP contribution < -0.4 is 18.9 Å². The summed E-state index contributed by atoms with van der Waals surface area (Å²) in [5.41, 5.74) is 0.539. The van der Waals surface area contributed by atoms with Gasteiger partial charge in [0.25, 0.3) is 0 Å². The number of carboxylic acids is 2. The van der Waals surface area contributed by atoms with Crippen LogP contribution in [0.15, 0.2) is 0 Å². The molecule has 0 amide bonds. The maximum atomic E-state index is 9.43. The van der Waals surface area contributed by atoms with Gasteiger partial charge in [-0.15, -0.1) is 0 Å². The molecule has 0 aromatic rings. The normalized spacial score (nSPS) is 10.2. The molecule has 0 bridgehead atoms. The summed E-state index contributed by atoms with van der Waals surface area (Å²) in [6.45, 7) is 9.17. The molecule has 0 aromatic carbocycles. The maximum absolute atomic E-state index is 9.43. The number of hydrogen-bond acceptors (Lipinski definition) is 2. The van der Waals surface area contributed by atoms with Gasteiger partial charge in [-0.3, -0.25) is 9.59 Å². The third kappa shape index (κ3) is 31.8. The minimum atomic E-state index is -1.31. The summed E-state index contributed by atoms with van der Waals surface area (Å²) in [6.07, 6.45) is 12.7. The minimum Gasteiger partial charge on any atom is -0.481 e. The topological polar surface area (TPSA) is 74.6 Å². The Labute approximate surface area is 148 Å². The van der Waals surface area contributed by atoms with Gasteiger partial charge in [-0.05, 0) is 11.8 Å². The Morgan fingerprint density at radius 1 is 0.864 bits per heavy atom. The van der Waals surface area contributed by atoms with Gasteiger partial charge >= 0.3 is 30.8 Å². The van der Waals surface area contributed by atoms with E-state index in [0.717, 1.165) is 0 Å². The number of unbranched alkanes of at least 4 members (excludes halogenated alkanes) is 7. The number of aliphatic carboxylic acids is 2. The Morgan fingerprint density at radius 2 is 1.27 bits per heavy atom. The molecule has 22 heavy (non-hydrogen) atoms. The molecule has 0 atom stereocenters. The molecule has 0 rings (SSSR count). The second kappa shape index (κ2) is 16.9. The van der Waals surface area contributed by atoms with Crippen LogP contribution in [0.25, 0.3) is 0 Å². The Hall–Kier alpha value is -0.463. The molecule has 0 unspecified atom stereocenters. The molecule has 2 N–H and O–H groups in total. The summed E-state index contributed by atoms with van der Waals surface area (Å²) < 4.78 is 0. The van der Waals surface area contributed by atoms with E-state index in [0.29, 0.717) is 5.41 Å². The molecule has 0 radical (unpaired) electrons. The van der Waals surface area contributed by atoms with Gasteiger partial charge in [0.2, 0.25) is 0 Å². The average Bonchev–Trinajstić information content (AvgIpc) is 2.30. The van der Waals surface area contributed by atoms with Gasteiger partial charge in [0.1, 0.15) is 6.42 Å². The molecule has 0 aliphatic heterocycles. The zero-order valence-electron chi connectivity index (χ0n) is 15.2. The van der Waals surface area contributed by atoms with Crippen LogP contribution in [0.1, 0.15) is 85.5 Å². The third-order valence-corrected chi connectivity index (χ3v) is 2.97. The molecular weight excluding hydrogens is 275 g/mol. The smallest absolute Gasteiger partial charge is 0.481 e. The summed E-state index contributed by atoms with van der Waals surface area (Å²) in [7, 11) is 0. The van der Waals surface area contributed by atoms with Crippen molar-refractivity contribution in [2.45, 2.75) is 85.5 Å². The Kier molecular flexibility index (Phi) is 20.3. The summed E-state index contributed by atoms with van der Waals surface area (Å²) in [5, 5.41) is 15.4. The van der Waals surface area contributed by atoms with E-state index in [9.17, 15) is 9.59 Å². The number of carbonyl (C=O) groups is 2. The maximum Gasteiger partial charge on any atom is 1.00 e. The van der Waals surface area contributed by atoms with E-state index in [1.165, 1.54) is 51.4 Å². The molecule has 0 spiro atoms. The molecule has 126 valence electrons.